The van der Waals surface area contributed by atoms with Crippen LogP contribution in [0.4, 0.5) is 0 Å². The number of halogens is 1. The Morgan fingerprint density at radius 2 is 1.09 bits per heavy atom. The number of carbonyl (C=O) groups excluding carboxylic acids is 1. The number of rotatable bonds is 21. The minimum Gasteiger partial charge on any atom is -0.497 e. The summed E-state index contributed by atoms with van der Waals surface area (Å²) in [6, 6.07) is 27.9. The van der Waals surface area contributed by atoms with Crippen LogP contribution >= 0.6 is 11.6 Å². The quantitative estimate of drug-likeness (QED) is 0.0783. The number of ketones is 1. The van der Waals surface area contributed by atoms with Crippen molar-refractivity contribution in [2.24, 2.45) is 5.41 Å². The second kappa shape index (κ2) is 19.9. The lowest BCUT2D eigenvalue weighted by molar-refractivity contribution is -0.189. The second-order valence-electron chi connectivity index (χ2n) is 18.3. The van der Waals surface area contributed by atoms with Gasteiger partial charge in [0, 0.05) is 5.41 Å². The molecule has 0 radical (unpaired) electrons. The summed E-state index contributed by atoms with van der Waals surface area (Å²) in [7, 11) is -3.15. The summed E-state index contributed by atoms with van der Waals surface area (Å²) in [4.78, 5) is 14.4. The van der Waals surface area contributed by atoms with Crippen molar-refractivity contribution < 1.29 is 32.6 Å². The Morgan fingerprint density at radius 1 is 0.636 bits per heavy atom. The van der Waals surface area contributed by atoms with Gasteiger partial charge >= 0.3 is 0 Å². The molecule has 0 aliphatic rings. The fourth-order valence-corrected chi connectivity index (χ4v) is 8.34. The van der Waals surface area contributed by atoms with Gasteiger partial charge in [0.25, 0.3) is 0 Å². The molecule has 0 fully saturated rings. The number of hydrogen-bond acceptors (Lipinski definition) is 7. The maximum Gasteiger partial charge on any atom is 0.192 e. The third-order valence-electron chi connectivity index (χ3n) is 11.6. The number of Topliss-reactive ketones (excluding diaryl/α,β-unsaturated/α-hetero) is 1. The van der Waals surface area contributed by atoms with Gasteiger partial charge in [-0.2, -0.15) is 0 Å². The molecular formula is C45H69ClO7Si2. The summed E-state index contributed by atoms with van der Waals surface area (Å²) in [6.45, 7) is 29.3. The van der Waals surface area contributed by atoms with E-state index in [4.69, 9.17) is 39.4 Å². The molecule has 3 aromatic carbocycles. The van der Waals surface area contributed by atoms with Crippen molar-refractivity contribution in [3.05, 3.63) is 102 Å². The molecule has 0 saturated heterocycles. The zero-order chi connectivity index (χ0) is 41.2. The average molecular weight is 814 g/mol. The van der Waals surface area contributed by atoms with E-state index in [0.29, 0.717) is 13.2 Å². The van der Waals surface area contributed by atoms with Crippen molar-refractivity contribution in [3.8, 4) is 5.75 Å². The molecule has 5 atom stereocenters. The Labute approximate surface area is 340 Å². The lowest BCUT2D eigenvalue weighted by atomic mass is 9.75. The van der Waals surface area contributed by atoms with Crippen LogP contribution in [0, 0.1) is 5.41 Å². The summed E-state index contributed by atoms with van der Waals surface area (Å²) in [5.74, 6) is 0.532. The van der Waals surface area contributed by atoms with Crippen LogP contribution in [0.25, 0.3) is 0 Å². The highest BCUT2D eigenvalue weighted by Crippen LogP contribution is 2.45. The fourth-order valence-electron chi connectivity index (χ4n) is 5.78. The Bertz CT molecular complexity index is 1580. The smallest absolute Gasteiger partial charge is 0.192 e. The topological polar surface area (TPSA) is 72.5 Å². The largest absolute Gasteiger partial charge is 0.497 e. The van der Waals surface area contributed by atoms with E-state index in [0.717, 1.165) is 22.4 Å². The molecule has 0 heterocycles. The summed E-state index contributed by atoms with van der Waals surface area (Å²) in [6.07, 6.45) is -2.94. The first-order valence-corrected chi connectivity index (χ1v) is 25.8. The molecule has 3 aromatic rings. The van der Waals surface area contributed by atoms with Crippen molar-refractivity contribution in [2.45, 2.75) is 148 Å². The molecule has 0 unspecified atom stereocenters. The van der Waals surface area contributed by atoms with E-state index in [1.54, 1.807) is 14.0 Å². The number of methoxy groups -OCH3 is 1. The molecule has 0 aliphatic heterocycles. The van der Waals surface area contributed by atoms with Gasteiger partial charge in [0.2, 0.25) is 0 Å². The molecule has 0 spiro atoms. The molecule has 7 nitrogen and oxygen atoms in total. The highest BCUT2D eigenvalue weighted by atomic mass is 35.5. The number of carbonyl (C=O) groups is 1. The molecule has 0 bridgehead atoms. The van der Waals surface area contributed by atoms with Gasteiger partial charge < -0.3 is 27.8 Å². The maximum absolute atomic E-state index is 14.4. The minimum absolute atomic E-state index is 0.0286. The standard InChI is InChI=1S/C45H69ClO7Si2/c1-33(46)39(47)40(50-30-35-23-19-16-20-24-35)42(53-55(13,14)44(5,6)7)45(8,9)41(51-31-36-25-27-37(48-10)28-26-36)38(32-52-54(11,12)43(2,3)4)49-29-34-21-17-15-18-22-34/h15-28,33,38,40-42H,29-32H2,1-14H3/t33-,38+,40+,41+,42+/m1/s1. The summed E-state index contributed by atoms with van der Waals surface area (Å²) < 4.78 is 40.5. The van der Waals surface area contributed by atoms with E-state index in [1.165, 1.54) is 0 Å². The second-order valence-corrected chi connectivity index (χ2v) is 28.6. The van der Waals surface area contributed by atoms with E-state index in [9.17, 15) is 4.79 Å². The first-order chi connectivity index (χ1) is 25.5. The molecule has 0 aromatic heterocycles. The minimum atomic E-state index is -2.56. The number of benzene rings is 3. The van der Waals surface area contributed by atoms with Crippen molar-refractivity contribution >= 4 is 34.0 Å². The third-order valence-corrected chi connectivity index (χ3v) is 20.7. The SMILES string of the molecule is COc1ccc(CO[C@@H]([C@H](CO[Si](C)(C)C(C)(C)C)OCc2ccccc2)C(C)(C)[C@@H](O[Si](C)(C)C(C)(C)C)[C@@H](OCc2ccccc2)C(=O)[C@@H](C)Cl)cc1. The monoisotopic (exact) mass is 812 g/mol. The van der Waals surface area contributed by atoms with Gasteiger partial charge in [-0.05, 0) is 72.0 Å². The first-order valence-electron chi connectivity index (χ1n) is 19.6. The third kappa shape index (κ3) is 13.4. The van der Waals surface area contributed by atoms with E-state index in [2.05, 4.69) is 93.7 Å². The van der Waals surface area contributed by atoms with Crippen LogP contribution in [0.5, 0.6) is 5.75 Å². The lowest BCUT2D eigenvalue weighted by Crippen LogP contribution is -2.61. The van der Waals surface area contributed by atoms with E-state index >= 15 is 0 Å². The summed E-state index contributed by atoms with van der Waals surface area (Å²) >= 11 is 6.67. The first kappa shape index (κ1) is 47.0. The van der Waals surface area contributed by atoms with Crippen LogP contribution in [0.2, 0.25) is 36.3 Å². The van der Waals surface area contributed by atoms with Gasteiger partial charge in [0.05, 0.1) is 51.1 Å². The van der Waals surface area contributed by atoms with Crippen LogP contribution < -0.4 is 4.74 Å². The van der Waals surface area contributed by atoms with Gasteiger partial charge in [-0.1, -0.05) is 128 Å². The Balaban J connectivity index is 2.24. The van der Waals surface area contributed by atoms with Crippen LogP contribution in [-0.2, 0) is 47.7 Å². The van der Waals surface area contributed by atoms with E-state index in [1.807, 2.05) is 72.8 Å². The predicted molar refractivity (Wildman–Crippen MR) is 231 cm³/mol. The number of hydrogen-bond donors (Lipinski definition) is 0. The lowest BCUT2D eigenvalue weighted by Gasteiger charge is -2.50. The Morgan fingerprint density at radius 3 is 1.55 bits per heavy atom. The molecule has 55 heavy (non-hydrogen) atoms. The van der Waals surface area contributed by atoms with Gasteiger partial charge in [0.15, 0.2) is 22.4 Å². The van der Waals surface area contributed by atoms with Gasteiger partial charge in [-0.15, -0.1) is 11.6 Å². The number of ether oxygens (including phenoxy) is 4. The van der Waals surface area contributed by atoms with Crippen molar-refractivity contribution in [3.63, 3.8) is 0 Å². The van der Waals surface area contributed by atoms with Gasteiger partial charge in [0.1, 0.15) is 18.0 Å². The van der Waals surface area contributed by atoms with Crippen molar-refractivity contribution in [1.82, 2.24) is 0 Å². The molecule has 3 rings (SSSR count). The van der Waals surface area contributed by atoms with Crippen LogP contribution in [0.1, 0.15) is 79.0 Å². The zero-order valence-electron chi connectivity index (χ0n) is 36.0. The maximum atomic E-state index is 14.4. The van der Waals surface area contributed by atoms with Gasteiger partial charge in [-0.3, -0.25) is 4.79 Å². The molecule has 0 amide bonds. The number of alkyl halides is 1. The summed E-state index contributed by atoms with van der Waals surface area (Å²) in [5, 5.41) is -1.01. The van der Waals surface area contributed by atoms with Gasteiger partial charge in [-0.25, -0.2) is 0 Å². The predicted octanol–water partition coefficient (Wildman–Crippen LogP) is 11.4. The van der Waals surface area contributed by atoms with Crippen LogP contribution in [-0.4, -0.2) is 65.9 Å². The highest BCUT2D eigenvalue weighted by Gasteiger charge is 2.53. The zero-order valence-corrected chi connectivity index (χ0v) is 38.8. The molecule has 306 valence electrons. The van der Waals surface area contributed by atoms with E-state index in [-0.39, 0.29) is 29.1 Å². The molecule has 10 heteroatoms. The molecule has 0 aliphatic carbocycles. The Hall–Kier alpha value is -2.35. The highest BCUT2D eigenvalue weighted by molar-refractivity contribution is 6.74. The van der Waals surface area contributed by atoms with Crippen LogP contribution in [0.3, 0.4) is 0 Å². The van der Waals surface area contributed by atoms with Crippen molar-refractivity contribution in [1.29, 1.82) is 0 Å². The average Bonchev–Trinajstić information content (AvgIpc) is 3.11. The molecular weight excluding hydrogens is 744 g/mol. The summed E-state index contributed by atoms with van der Waals surface area (Å²) in [5.41, 5.74) is 2.07. The normalized spacial score (nSPS) is 15.9. The van der Waals surface area contributed by atoms with Crippen molar-refractivity contribution in [2.75, 3.05) is 13.7 Å². The molecule has 0 saturated carbocycles. The fraction of sp³-hybridized carbons (Fsp3) is 0.578. The van der Waals surface area contributed by atoms with E-state index < -0.39 is 51.8 Å². The van der Waals surface area contributed by atoms with Crippen LogP contribution in [0.15, 0.2) is 84.9 Å². The molecule has 0 N–H and O–H groups in total. The Kier molecular flexibility index (Phi) is 17.0.